The molecular formula is C37H38Si. The Bertz CT molecular complexity index is 1430. The van der Waals surface area contributed by atoms with Crippen molar-refractivity contribution < 1.29 is 0 Å². The fourth-order valence-electron chi connectivity index (χ4n) is 6.47. The summed E-state index contributed by atoms with van der Waals surface area (Å²) in [5.41, 5.74) is 14.0. The molecule has 0 amide bonds. The summed E-state index contributed by atoms with van der Waals surface area (Å²) in [7, 11) is -1.84. The van der Waals surface area contributed by atoms with Crippen molar-refractivity contribution in [1.29, 1.82) is 0 Å². The van der Waals surface area contributed by atoms with E-state index in [2.05, 4.69) is 124 Å². The van der Waals surface area contributed by atoms with E-state index in [0.29, 0.717) is 0 Å². The molecule has 0 bridgehead atoms. The average molecular weight is 511 g/mol. The summed E-state index contributed by atoms with van der Waals surface area (Å²) in [4.78, 5) is 0. The fourth-order valence-corrected chi connectivity index (χ4v) is 10.7. The zero-order valence-corrected chi connectivity index (χ0v) is 24.3. The Morgan fingerprint density at radius 3 is 1.47 bits per heavy atom. The average Bonchev–Trinajstić information content (AvgIpc) is 3.58. The van der Waals surface area contributed by atoms with Crippen LogP contribution in [0.15, 0.2) is 95.3 Å². The molecule has 0 spiro atoms. The van der Waals surface area contributed by atoms with Gasteiger partial charge in [-0.1, -0.05) is 151 Å². The second kappa shape index (κ2) is 10.0. The Morgan fingerprint density at radius 2 is 1.05 bits per heavy atom. The summed E-state index contributed by atoms with van der Waals surface area (Å²) in [5.74, 6) is 0. The van der Waals surface area contributed by atoms with Gasteiger partial charge in [0.25, 0.3) is 0 Å². The number of hydrogen-bond acceptors (Lipinski definition) is 0. The molecule has 0 heterocycles. The first-order valence-corrected chi connectivity index (χ1v) is 17.0. The highest BCUT2D eigenvalue weighted by Gasteiger charge is 2.39. The molecule has 0 unspecified atom stereocenters. The molecule has 1 heteroatoms. The van der Waals surface area contributed by atoms with Crippen LogP contribution >= 0.6 is 0 Å². The van der Waals surface area contributed by atoms with Gasteiger partial charge in [0.1, 0.15) is 8.07 Å². The first-order valence-electron chi connectivity index (χ1n) is 14.3. The summed E-state index contributed by atoms with van der Waals surface area (Å²) < 4.78 is 0. The molecule has 0 fully saturated rings. The summed E-state index contributed by atoms with van der Waals surface area (Å²) in [6.07, 6.45) is 10.0. The molecule has 0 radical (unpaired) electrons. The zero-order chi connectivity index (χ0) is 26.3. The second-order valence-corrected chi connectivity index (χ2v) is 16.1. The van der Waals surface area contributed by atoms with Crippen LogP contribution < -0.4 is 0 Å². The van der Waals surface area contributed by atoms with Crippen LogP contribution in [0.3, 0.4) is 0 Å². The topological polar surface area (TPSA) is 0 Å². The van der Waals surface area contributed by atoms with Gasteiger partial charge in [-0.3, -0.25) is 0 Å². The van der Waals surface area contributed by atoms with Crippen LogP contribution in [0.4, 0.5) is 0 Å². The van der Waals surface area contributed by atoms with Crippen molar-refractivity contribution in [2.45, 2.75) is 59.0 Å². The molecule has 0 saturated heterocycles. The first-order chi connectivity index (χ1) is 18.5. The lowest BCUT2D eigenvalue weighted by atomic mass is 9.97. The molecule has 0 aromatic heterocycles. The number of benzene rings is 4. The predicted molar refractivity (Wildman–Crippen MR) is 168 cm³/mol. The molecule has 4 aromatic rings. The van der Waals surface area contributed by atoms with Crippen LogP contribution in [0.2, 0.25) is 12.6 Å². The Balaban J connectivity index is 1.41. The Labute approximate surface area is 229 Å². The fraction of sp³-hybridized carbons (Fsp3) is 0.243. The van der Waals surface area contributed by atoms with E-state index in [1.165, 1.54) is 74.5 Å². The molecule has 190 valence electrons. The predicted octanol–water partition coefficient (Wildman–Crippen LogP) is 10.2. The van der Waals surface area contributed by atoms with E-state index in [0.717, 1.165) is 12.8 Å². The van der Waals surface area contributed by atoms with Crippen LogP contribution in [0.5, 0.6) is 0 Å². The van der Waals surface area contributed by atoms with Gasteiger partial charge in [0.05, 0.1) is 0 Å². The highest BCUT2D eigenvalue weighted by atomic mass is 28.3. The summed E-state index contributed by atoms with van der Waals surface area (Å²) >= 11 is 0. The Hall–Kier alpha value is -3.42. The van der Waals surface area contributed by atoms with E-state index in [1.54, 1.807) is 10.4 Å². The highest BCUT2D eigenvalue weighted by Crippen LogP contribution is 2.45. The van der Waals surface area contributed by atoms with Crippen molar-refractivity contribution in [3.8, 4) is 22.3 Å². The Morgan fingerprint density at radius 1 is 0.605 bits per heavy atom. The minimum Gasteiger partial charge on any atom is -0.0712 e. The third-order valence-corrected chi connectivity index (χ3v) is 13.8. The standard InChI is InChI=1S/C37H38Si/c1-5-6-21-38(4,32-22-30-9-7-11-34(36(30)24-32)28-17-13-26(2)14-18-28)33-23-31-10-8-12-35(37(31)25-33)29-19-15-27(3)16-20-29/h7-20,24-25H,5-6,21-23H2,1-4H3. The van der Waals surface area contributed by atoms with E-state index in [4.69, 9.17) is 0 Å². The van der Waals surface area contributed by atoms with Gasteiger partial charge >= 0.3 is 0 Å². The Kier molecular flexibility index (Phi) is 6.58. The number of fused-ring (bicyclic) bond motifs is 2. The number of hydrogen-bond donors (Lipinski definition) is 0. The summed E-state index contributed by atoms with van der Waals surface area (Å²) in [5, 5.41) is 3.44. The maximum atomic E-state index is 2.66. The van der Waals surface area contributed by atoms with E-state index in [9.17, 15) is 0 Å². The molecule has 0 nitrogen and oxygen atoms in total. The first kappa shape index (κ1) is 24.9. The number of rotatable bonds is 7. The molecule has 4 aromatic carbocycles. The monoisotopic (exact) mass is 510 g/mol. The number of allylic oxidation sites excluding steroid dienone is 2. The minimum absolute atomic E-state index is 1.11. The lowest BCUT2D eigenvalue weighted by Crippen LogP contribution is -2.36. The molecule has 6 rings (SSSR count). The third kappa shape index (κ3) is 4.44. The lowest BCUT2D eigenvalue weighted by molar-refractivity contribution is 0.867. The molecule has 2 aliphatic rings. The van der Waals surface area contributed by atoms with Crippen LogP contribution in [0.1, 0.15) is 53.1 Å². The van der Waals surface area contributed by atoms with E-state index in [-0.39, 0.29) is 0 Å². The van der Waals surface area contributed by atoms with E-state index < -0.39 is 8.07 Å². The summed E-state index contributed by atoms with van der Waals surface area (Å²) in [6.45, 7) is 9.34. The van der Waals surface area contributed by atoms with Crippen LogP contribution in [-0.2, 0) is 12.8 Å². The SMILES string of the molecule is CCCC[Si](C)(C1=Cc2c(cccc2-c2ccc(C)cc2)C1)C1=Cc2c(cccc2-c2ccc(C)cc2)C1. The van der Waals surface area contributed by atoms with Gasteiger partial charge in [0.2, 0.25) is 0 Å². The molecule has 0 atom stereocenters. The lowest BCUT2D eigenvalue weighted by Gasteiger charge is -2.31. The quantitative estimate of drug-likeness (QED) is 0.217. The van der Waals surface area contributed by atoms with Crippen molar-refractivity contribution in [3.63, 3.8) is 0 Å². The van der Waals surface area contributed by atoms with Crippen LogP contribution in [0.25, 0.3) is 34.4 Å². The van der Waals surface area contributed by atoms with Crippen LogP contribution in [-0.4, -0.2) is 8.07 Å². The number of unbranched alkanes of at least 4 members (excludes halogenated alkanes) is 1. The van der Waals surface area contributed by atoms with Crippen molar-refractivity contribution >= 4 is 20.2 Å². The van der Waals surface area contributed by atoms with E-state index >= 15 is 0 Å². The largest absolute Gasteiger partial charge is 0.106 e. The minimum atomic E-state index is -1.84. The molecule has 0 N–H and O–H groups in total. The van der Waals surface area contributed by atoms with Gasteiger partial charge in [-0.15, -0.1) is 0 Å². The van der Waals surface area contributed by atoms with Crippen LogP contribution in [0, 0.1) is 13.8 Å². The van der Waals surface area contributed by atoms with Gasteiger partial charge < -0.3 is 0 Å². The smallest absolute Gasteiger partial charge is 0.0712 e. The molecule has 0 aliphatic heterocycles. The molecule has 38 heavy (non-hydrogen) atoms. The maximum absolute atomic E-state index is 2.66. The zero-order valence-electron chi connectivity index (χ0n) is 23.3. The van der Waals surface area contributed by atoms with Gasteiger partial charge in [-0.05, 0) is 71.2 Å². The normalized spacial score (nSPS) is 14.2. The summed E-state index contributed by atoms with van der Waals surface area (Å²) in [6, 6.07) is 33.3. The van der Waals surface area contributed by atoms with Crippen molar-refractivity contribution in [2.75, 3.05) is 0 Å². The van der Waals surface area contributed by atoms with Gasteiger partial charge in [-0.2, -0.15) is 0 Å². The second-order valence-electron chi connectivity index (χ2n) is 11.6. The third-order valence-electron chi connectivity index (χ3n) is 8.96. The van der Waals surface area contributed by atoms with E-state index in [1.807, 2.05) is 0 Å². The van der Waals surface area contributed by atoms with Crippen molar-refractivity contribution in [3.05, 3.63) is 129 Å². The highest BCUT2D eigenvalue weighted by molar-refractivity contribution is 6.93. The molecular weight excluding hydrogens is 472 g/mol. The van der Waals surface area contributed by atoms with Gasteiger partial charge in [-0.25, -0.2) is 0 Å². The number of aryl methyl sites for hydroxylation is 2. The maximum Gasteiger partial charge on any atom is 0.106 e. The van der Waals surface area contributed by atoms with Crippen molar-refractivity contribution in [1.82, 2.24) is 0 Å². The van der Waals surface area contributed by atoms with Crippen molar-refractivity contribution in [2.24, 2.45) is 0 Å². The van der Waals surface area contributed by atoms with Gasteiger partial charge in [0, 0.05) is 0 Å². The molecule has 2 aliphatic carbocycles. The molecule has 0 saturated carbocycles. The van der Waals surface area contributed by atoms with Gasteiger partial charge in [0.15, 0.2) is 0 Å².